The van der Waals surface area contributed by atoms with Crippen molar-refractivity contribution in [3.63, 3.8) is 0 Å². The molecule has 4 nitrogen and oxygen atoms in total. The van der Waals surface area contributed by atoms with Crippen LogP contribution in [0.5, 0.6) is 0 Å². The highest BCUT2D eigenvalue weighted by atomic mass is 19.1. The molecule has 0 aliphatic heterocycles. The summed E-state index contributed by atoms with van der Waals surface area (Å²) >= 11 is 0. The molecule has 1 aliphatic rings. The Kier molecular flexibility index (Phi) is 5.91. The molecule has 0 saturated heterocycles. The average Bonchev–Trinajstić information content (AvgIpc) is 2.50. The number of halogens is 2. The molecule has 0 radical (unpaired) electrons. The van der Waals surface area contributed by atoms with Gasteiger partial charge in [-0.05, 0) is 37.3 Å². The fraction of sp³-hybridized carbons (Fsp3) is 0.556. The number of amides is 1. The Labute approximate surface area is 140 Å². The van der Waals surface area contributed by atoms with Crippen LogP contribution < -0.4 is 5.32 Å². The second kappa shape index (κ2) is 7.73. The minimum atomic E-state index is -1.03. The first-order valence-corrected chi connectivity index (χ1v) is 8.25. The second-order valence-electron chi connectivity index (χ2n) is 6.59. The molecular formula is C18H23F2NO3. The van der Waals surface area contributed by atoms with Crippen molar-refractivity contribution in [2.45, 2.75) is 52.2 Å². The lowest BCUT2D eigenvalue weighted by atomic mass is 9.78. The van der Waals surface area contributed by atoms with Crippen LogP contribution >= 0.6 is 0 Å². The molecule has 1 amide bonds. The van der Waals surface area contributed by atoms with Crippen LogP contribution in [-0.2, 0) is 9.53 Å². The maximum Gasteiger partial charge on any atom is 0.339 e. The van der Waals surface area contributed by atoms with Crippen LogP contribution in [0.1, 0.15) is 50.4 Å². The molecule has 1 aliphatic carbocycles. The van der Waals surface area contributed by atoms with Crippen molar-refractivity contribution < 1.29 is 23.1 Å². The first kappa shape index (κ1) is 18.4. The summed E-state index contributed by atoms with van der Waals surface area (Å²) in [5, 5.41) is 2.91. The summed E-state index contributed by atoms with van der Waals surface area (Å²) in [5.41, 5.74) is -0.258. The van der Waals surface area contributed by atoms with E-state index in [4.69, 9.17) is 4.74 Å². The van der Waals surface area contributed by atoms with E-state index in [0.717, 1.165) is 31.4 Å². The molecule has 4 atom stereocenters. The molecule has 6 heteroatoms. The van der Waals surface area contributed by atoms with Crippen LogP contribution in [-0.4, -0.2) is 24.0 Å². The van der Waals surface area contributed by atoms with E-state index in [2.05, 4.69) is 19.2 Å². The number of nitrogens with one attached hydrogen (secondary N) is 1. The van der Waals surface area contributed by atoms with Gasteiger partial charge in [0.05, 0.1) is 5.56 Å². The molecule has 132 valence electrons. The smallest absolute Gasteiger partial charge is 0.339 e. The standard InChI is InChI=1S/C18H23F2NO3/c1-10-5-4-6-16(11(10)2)21-17(22)12(3)24-18(23)13-7-14(19)9-15(20)8-13/h7-12,16H,4-6H2,1-3H3,(H,21,22)/t10-,11+,12+,16+/m0/s1. The Balaban J connectivity index is 1.94. The molecule has 0 aromatic heterocycles. The number of rotatable bonds is 4. The SMILES string of the molecule is C[C@@H]1[C@@H](C)CCC[C@H]1NC(=O)[C@@H](C)OC(=O)c1cc(F)cc(F)c1. The number of esters is 1. The van der Waals surface area contributed by atoms with Crippen molar-refractivity contribution in [3.8, 4) is 0 Å². The fourth-order valence-electron chi connectivity index (χ4n) is 3.04. The number of carbonyl (C=O) groups excluding carboxylic acids is 2. The summed E-state index contributed by atoms with van der Waals surface area (Å²) in [6.45, 7) is 5.70. The van der Waals surface area contributed by atoms with E-state index in [-0.39, 0.29) is 11.6 Å². The molecular weight excluding hydrogens is 316 g/mol. The lowest BCUT2D eigenvalue weighted by Gasteiger charge is -2.35. The zero-order chi connectivity index (χ0) is 17.9. The molecule has 0 bridgehead atoms. The topological polar surface area (TPSA) is 55.4 Å². The Morgan fingerprint density at radius 1 is 1.17 bits per heavy atom. The number of benzene rings is 1. The van der Waals surface area contributed by atoms with Gasteiger partial charge in [0.2, 0.25) is 0 Å². The largest absolute Gasteiger partial charge is 0.449 e. The van der Waals surface area contributed by atoms with Crippen molar-refractivity contribution in [2.75, 3.05) is 0 Å². The van der Waals surface area contributed by atoms with E-state index in [0.29, 0.717) is 17.9 Å². The van der Waals surface area contributed by atoms with E-state index in [9.17, 15) is 18.4 Å². The molecule has 0 unspecified atom stereocenters. The van der Waals surface area contributed by atoms with Gasteiger partial charge in [0.1, 0.15) is 11.6 Å². The lowest BCUT2D eigenvalue weighted by Crippen LogP contribution is -2.47. The van der Waals surface area contributed by atoms with Crippen molar-refractivity contribution in [3.05, 3.63) is 35.4 Å². The van der Waals surface area contributed by atoms with Gasteiger partial charge in [0.25, 0.3) is 5.91 Å². The van der Waals surface area contributed by atoms with Gasteiger partial charge >= 0.3 is 5.97 Å². The fourth-order valence-corrected chi connectivity index (χ4v) is 3.04. The minimum Gasteiger partial charge on any atom is -0.449 e. The van der Waals surface area contributed by atoms with E-state index >= 15 is 0 Å². The minimum absolute atomic E-state index is 0.0500. The number of hydrogen-bond donors (Lipinski definition) is 1. The van der Waals surface area contributed by atoms with Gasteiger partial charge in [-0.3, -0.25) is 4.79 Å². The molecule has 0 spiro atoms. The highest BCUT2D eigenvalue weighted by Gasteiger charge is 2.30. The monoisotopic (exact) mass is 339 g/mol. The molecule has 24 heavy (non-hydrogen) atoms. The van der Waals surface area contributed by atoms with Crippen LogP contribution in [0, 0.1) is 23.5 Å². The first-order valence-electron chi connectivity index (χ1n) is 8.25. The van der Waals surface area contributed by atoms with Gasteiger partial charge < -0.3 is 10.1 Å². The third-order valence-electron chi connectivity index (χ3n) is 4.79. The zero-order valence-electron chi connectivity index (χ0n) is 14.1. The summed E-state index contributed by atoms with van der Waals surface area (Å²) in [7, 11) is 0. The highest BCUT2D eigenvalue weighted by molar-refractivity contribution is 5.92. The highest BCUT2D eigenvalue weighted by Crippen LogP contribution is 2.29. The van der Waals surface area contributed by atoms with E-state index in [1.54, 1.807) is 0 Å². The number of ether oxygens (including phenoxy) is 1. The van der Waals surface area contributed by atoms with Gasteiger partial charge in [-0.2, -0.15) is 0 Å². The van der Waals surface area contributed by atoms with E-state index in [1.165, 1.54) is 6.92 Å². The van der Waals surface area contributed by atoms with Crippen LogP contribution in [0.3, 0.4) is 0 Å². The van der Waals surface area contributed by atoms with Crippen LogP contribution in [0.4, 0.5) is 8.78 Å². The third kappa shape index (κ3) is 4.52. The molecule has 1 N–H and O–H groups in total. The Morgan fingerprint density at radius 2 is 1.79 bits per heavy atom. The van der Waals surface area contributed by atoms with E-state index in [1.807, 2.05) is 0 Å². The van der Waals surface area contributed by atoms with Crippen molar-refractivity contribution >= 4 is 11.9 Å². The Morgan fingerprint density at radius 3 is 2.42 bits per heavy atom. The summed E-state index contributed by atoms with van der Waals surface area (Å²) in [4.78, 5) is 24.2. The maximum atomic E-state index is 13.1. The van der Waals surface area contributed by atoms with E-state index < -0.39 is 29.6 Å². The average molecular weight is 339 g/mol. The summed E-state index contributed by atoms with van der Waals surface area (Å²) in [5.74, 6) is -2.19. The first-order chi connectivity index (χ1) is 11.3. The van der Waals surface area contributed by atoms with Crippen molar-refractivity contribution in [1.29, 1.82) is 0 Å². The Bertz CT molecular complexity index is 600. The number of hydrogen-bond acceptors (Lipinski definition) is 3. The van der Waals surface area contributed by atoms with Crippen molar-refractivity contribution in [1.82, 2.24) is 5.32 Å². The second-order valence-corrected chi connectivity index (χ2v) is 6.59. The molecule has 2 rings (SSSR count). The maximum absolute atomic E-state index is 13.1. The summed E-state index contributed by atoms with van der Waals surface area (Å²) in [6.07, 6.45) is 2.05. The Hall–Kier alpha value is -1.98. The van der Waals surface area contributed by atoms with Crippen LogP contribution in [0.15, 0.2) is 18.2 Å². The predicted molar refractivity (Wildman–Crippen MR) is 85.3 cm³/mol. The normalized spacial score (nSPS) is 25.0. The van der Waals surface area contributed by atoms with Gasteiger partial charge in [-0.25, -0.2) is 13.6 Å². The molecule has 1 saturated carbocycles. The molecule has 1 fully saturated rings. The predicted octanol–water partition coefficient (Wildman–Crippen LogP) is 3.45. The molecule has 1 aromatic carbocycles. The van der Waals surface area contributed by atoms with Crippen LogP contribution in [0.25, 0.3) is 0 Å². The lowest BCUT2D eigenvalue weighted by molar-refractivity contribution is -0.130. The molecule has 1 aromatic rings. The number of carbonyl (C=O) groups is 2. The van der Waals surface area contributed by atoms with Gasteiger partial charge in [0.15, 0.2) is 6.10 Å². The van der Waals surface area contributed by atoms with Crippen molar-refractivity contribution in [2.24, 2.45) is 11.8 Å². The van der Waals surface area contributed by atoms with Gasteiger partial charge in [-0.15, -0.1) is 0 Å². The van der Waals surface area contributed by atoms with Gasteiger partial charge in [0, 0.05) is 12.1 Å². The molecule has 0 heterocycles. The van der Waals surface area contributed by atoms with Crippen LogP contribution in [0.2, 0.25) is 0 Å². The summed E-state index contributed by atoms with van der Waals surface area (Å²) < 4.78 is 31.3. The summed E-state index contributed by atoms with van der Waals surface area (Å²) in [6, 6.07) is 2.47. The zero-order valence-corrected chi connectivity index (χ0v) is 14.1. The van der Waals surface area contributed by atoms with Gasteiger partial charge in [-0.1, -0.05) is 26.7 Å². The quantitative estimate of drug-likeness (QED) is 0.855. The third-order valence-corrected chi connectivity index (χ3v) is 4.79.